The predicted octanol–water partition coefficient (Wildman–Crippen LogP) is 5.79. The van der Waals surface area contributed by atoms with Gasteiger partial charge in [0.05, 0.1) is 5.71 Å². The van der Waals surface area contributed by atoms with Crippen LogP contribution in [0.5, 0.6) is 0 Å². The van der Waals surface area contributed by atoms with Gasteiger partial charge in [0.15, 0.2) is 0 Å². The topological polar surface area (TPSA) is 70.6 Å². The minimum atomic E-state index is -0.203. The first-order valence-corrected chi connectivity index (χ1v) is 10.4. The van der Waals surface area contributed by atoms with E-state index in [9.17, 15) is 9.59 Å². The van der Waals surface area contributed by atoms with Gasteiger partial charge in [-0.1, -0.05) is 56.3 Å². The van der Waals surface area contributed by atoms with Gasteiger partial charge in [-0.3, -0.25) is 9.59 Å². The van der Waals surface area contributed by atoms with Crippen LogP contribution in [0.3, 0.4) is 0 Å². The monoisotopic (exact) mass is 413 g/mol. The summed E-state index contributed by atoms with van der Waals surface area (Å²) in [5, 5.41) is 7.60. The Morgan fingerprint density at radius 3 is 2.17 bits per heavy atom. The third kappa shape index (κ3) is 8.08. The maximum absolute atomic E-state index is 12.2. The van der Waals surface area contributed by atoms with Gasteiger partial charge in [0, 0.05) is 22.7 Å². The van der Waals surface area contributed by atoms with E-state index in [0.29, 0.717) is 28.4 Å². The minimum Gasteiger partial charge on any atom is -0.322 e. The molecule has 0 radical (unpaired) electrons. The van der Waals surface area contributed by atoms with Crippen LogP contribution in [0.2, 0.25) is 5.02 Å². The Morgan fingerprint density at radius 1 is 0.897 bits per heavy atom. The molecular formula is C23H28ClN3O2. The number of hydrazone groups is 1. The summed E-state index contributed by atoms with van der Waals surface area (Å²) in [6.07, 6.45) is 6.05. The molecule has 5 nitrogen and oxygen atoms in total. The van der Waals surface area contributed by atoms with Crippen molar-refractivity contribution in [1.82, 2.24) is 5.43 Å². The Kier molecular flexibility index (Phi) is 9.38. The molecule has 0 bridgehead atoms. The molecule has 0 spiro atoms. The third-order valence-corrected chi connectivity index (χ3v) is 4.77. The van der Waals surface area contributed by atoms with E-state index >= 15 is 0 Å². The molecule has 154 valence electrons. The largest absolute Gasteiger partial charge is 0.322 e. The second kappa shape index (κ2) is 12.0. The zero-order valence-corrected chi connectivity index (χ0v) is 17.8. The molecule has 2 rings (SSSR count). The van der Waals surface area contributed by atoms with E-state index in [0.717, 1.165) is 18.4 Å². The van der Waals surface area contributed by atoms with Crippen molar-refractivity contribution in [2.75, 3.05) is 5.32 Å². The molecule has 0 aliphatic rings. The van der Waals surface area contributed by atoms with Crippen LogP contribution < -0.4 is 10.7 Å². The van der Waals surface area contributed by atoms with Gasteiger partial charge in [0.1, 0.15) is 0 Å². The molecule has 0 aliphatic heterocycles. The highest BCUT2D eigenvalue weighted by Gasteiger charge is 2.07. The van der Waals surface area contributed by atoms with Crippen LogP contribution in [-0.2, 0) is 4.79 Å². The molecule has 0 fully saturated rings. The van der Waals surface area contributed by atoms with E-state index in [4.69, 9.17) is 11.6 Å². The molecule has 0 saturated carbocycles. The van der Waals surface area contributed by atoms with Crippen LogP contribution in [0.25, 0.3) is 0 Å². The molecule has 0 saturated heterocycles. The van der Waals surface area contributed by atoms with Crippen LogP contribution in [-0.4, -0.2) is 17.5 Å². The molecule has 0 unspecified atom stereocenters. The van der Waals surface area contributed by atoms with Crippen molar-refractivity contribution in [3.8, 4) is 0 Å². The van der Waals surface area contributed by atoms with Gasteiger partial charge < -0.3 is 5.32 Å². The lowest BCUT2D eigenvalue weighted by atomic mass is 10.1. The summed E-state index contributed by atoms with van der Waals surface area (Å²) in [6.45, 7) is 4.01. The summed E-state index contributed by atoms with van der Waals surface area (Å²) in [5.74, 6) is -0.265. The summed E-state index contributed by atoms with van der Waals surface area (Å²) in [7, 11) is 0. The number of benzene rings is 2. The smallest absolute Gasteiger partial charge is 0.255 e. The van der Waals surface area contributed by atoms with Crippen LogP contribution in [0.15, 0.2) is 53.6 Å². The van der Waals surface area contributed by atoms with Gasteiger partial charge in [0.25, 0.3) is 5.91 Å². The predicted molar refractivity (Wildman–Crippen MR) is 120 cm³/mol. The van der Waals surface area contributed by atoms with Gasteiger partial charge in [-0.25, -0.2) is 5.43 Å². The van der Waals surface area contributed by atoms with E-state index in [1.165, 1.54) is 19.3 Å². The fourth-order valence-corrected chi connectivity index (χ4v) is 2.88. The lowest BCUT2D eigenvalue weighted by Crippen LogP contribution is -2.18. The van der Waals surface area contributed by atoms with Gasteiger partial charge in [0.2, 0.25) is 5.91 Å². The lowest BCUT2D eigenvalue weighted by Gasteiger charge is -2.07. The summed E-state index contributed by atoms with van der Waals surface area (Å²) >= 11 is 5.84. The Bertz CT molecular complexity index is 830. The fourth-order valence-electron chi connectivity index (χ4n) is 2.76. The van der Waals surface area contributed by atoms with Crippen LogP contribution in [0, 0.1) is 0 Å². The zero-order valence-electron chi connectivity index (χ0n) is 17.0. The third-order valence-electron chi connectivity index (χ3n) is 4.52. The maximum atomic E-state index is 12.2. The number of amides is 2. The Balaban J connectivity index is 1.83. The van der Waals surface area contributed by atoms with Crippen molar-refractivity contribution in [3.05, 3.63) is 64.7 Å². The van der Waals surface area contributed by atoms with Gasteiger partial charge in [-0.2, -0.15) is 5.10 Å². The van der Waals surface area contributed by atoms with Crippen LogP contribution in [0.1, 0.15) is 68.3 Å². The van der Waals surface area contributed by atoms with Crippen molar-refractivity contribution in [3.63, 3.8) is 0 Å². The number of nitrogens with zero attached hydrogens (tertiary/aromatic N) is 1. The van der Waals surface area contributed by atoms with Crippen molar-refractivity contribution in [2.45, 2.75) is 52.4 Å². The molecule has 0 atom stereocenters. The average Bonchev–Trinajstić information content (AvgIpc) is 2.73. The summed E-state index contributed by atoms with van der Waals surface area (Å²) < 4.78 is 0. The maximum Gasteiger partial charge on any atom is 0.255 e. The molecule has 0 aromatic heterocycles. The molecule has 0 aliphatic carbocycles. The minimum absolute atomic E-state index is 0.0623. The quantitative estimate of drug-likeness (QED) is 0.294. The van der Waals surface area contributed by atoms with Crippen LogP contribution in [0.4, 0.5) is 5.69 Å². The first-order chi connectivity index (χ1) is 14.0. The van der Waals surface area contributed by atoms with Crippen molar-refractivity contribution >= 4 is 34.8 Å². The van der Waals surface area contributed by atoms with E-state index in [2.05, 4.69) is 22.8 Å². The Labute approximate surface area is 177 Å². The fraction of sp³-hybridized carbons (Fsp3) is 0.348. The highest BCUT2D eigenvalue weighted by molar-refractivity contribution is 6.30. The van der Waals surface area contributed by atoms with E-state index in [1.54, 1.807) is 36.4 Å². The molecule has 0 heterocycles. The highest BCUT2D eigenvalue weighted by Crippen LogP contribution is 2.14. The summed E-state index contributed by atoms with van der Waals surface area (Å²) in [6, 6.07) is 14.0. The van der Waals surface area contributed by atoms with E-state index < -0.39 is 0 Å². The molecule has 2 aromatic rings. The van der Waals surface area contributed by atoms with Gasteiger partial charge in [-0.05, 0) is 55.3 Å². The highest BCUT2D eigenvalue weighted by atomic mass is 35.5. The SMILES string of the molecule is CCCCCCCC(=O)NN=C(C)c1ccc(NC(=O)c2ccc(Cl)cc2)cc1. The van der Waals surface area contributed by atoms with Gasteiger partial charge >= 0.3 is 0 Å². The van der Waals surface area contributed by atoms with Crippen molar-refractivity contribution in [1.29, 1.82) is 0 Å². The number of rotatable bonds is 10. The Morgan fingerprint density at radius 2 is 1.52 bits per heavy atom. The molecule has 2 amide bonds. The number of carbonyl (C=O) groups excluding carboxylic acids is 2. The average molecular weight is 414 g/mol. The Hall–Kier alpha value is -2.66. The summed E-state index contributed by atoms with van der Waals surface area (Å²) in [5.41, 5.74) is 5.41. The molecule has 29 heavy (non-hydrogen) atoms. The standard InChI is InChI=1S/C23H28ClN3O2/c1-3-4-5-6-7-8-22(28)27-26-17(2)18-11-15-21(16-12-18)25-23(29)19-9-13-20(24)14-10-19/h9-16H,3-8H2,1-2H3,(H,25,29)(H,27,28). The van der Waals surface area contributed by atoms with Crippen LogP contribution >= 0.6 is 11.6 Å². The first kappa shape index (κ1) is 22.6. The number of unbranched alkanes of at least 4 members (excludes halogenated alkanes) is 4. The zero-order chi connectivity index (χ0) is 21.1. The van der Waals surface area contributed by atoms with Crippen molar-refractivity contribution in [2.24, 2.45) is 5.10 Å². The van der Waals surface area contributed by atoms with Crippen molar-refractivity contribution < 1.29 is 9.59 Å². The van der Waals surface area contributed by atoms with E-state index in [-0.39, 0.29) is 11.8 Å². The lowest BCUT2D eigenvalue weighted by molar-refractivity contribution is -0.121. The van der Waals surface area contributed by atoms with Gasteiger partial charge in [-0.15, -0.1) is 0 Å². The number of hydrogen-bond donors (Lipinski definition) is 2. The number of anilines is 1. The second-order valence-electron chi connectivity index (χ2n) is 6.93. The normalized spacial score (nSPS) is 11.2. The molecule has 2 N–H and O–H groups in total. The summed E-state index contributed by atoms with van der Waals surface area (Å²) in [4.78, 5) is 24.1. The first-order valence-electron chi connectivity index (χ1n) is 10.00. The second-order valence-corrected chi connectivity index (χ2v) is 7.37. The number of carbonyl (C=O) groups is 2. The number of halogens is 1. The molecule has 6 heteroatoms. The van der Waals surface area contributed by atoms with E-state index in [1.807, 2.05) is 19.1 Å². The number of nitrogens with one attached hydrogen (secondary N) is 2. The molecule has 2 aromatic carbocycles. The molecular weight excluding hydrogens is 386 g/mol. The number of hydrogen-bond acceptors (Lipinski definition) is 3.